The smallest absolute Gasteiger partial charge is 0.260 e. The van der Waals surface area contributed by atoms with Crippen molar-refractivity contribution in [1.29, 1.82) is 0 Å². The lowest BCUT2D eigenvalue weighted by Crippen LogP contribution is -2.30. The first-order chi connectivity index (χ1) is 11.5. The van der Waals surface area contributed by atoms with Crippen molar-refractivity contribution in [2.45, 2.75) is 44.3 Å². The van der Waals surface area contributed by atoms with E-state index in [1.165, 1.54) is 0 Å². The van der Waals surface area contributed by atoms with E-state index in [1.807, 2.05) is 36.9 Å². The molecule has 1 atom stereocenters. The summed E-state index contributed by atoms with van der Waals surface area (Å²) in [5.41, 5.74) is 7.16. The van der Waals surface area contributed by atoms with E-state index in [1.54, 1.807) is 0 Å². The Morgan fingerprint density at radius 3 is 2.75 bits per heavy atom. The quantitative estimate of drug-likeness (QED) is 0.831. The van der Waals surface area contributed by atoms with Crippen molar-refractivity contribution in [2.24, 2.45) is 27.6 Å². The summed E-state index contributed by atoms with van der Waals surface area (Å²) < 4.78 is 0. The van der Waals surface area contributed by atoms with Crippen LogP contribution in [0.1, 0.15) is 39.0 Å². The number of nitrogens with zero attached hydrogens (tertiary/aromatic N) is 2. The number of primary amides is 1. The average molecular weight is 345 g/mol. The van der Waals surface area contributed by atoms with Gasteiger partial charge in [0, 0.05) is 11.7 Å². The second-order valence-corrected chi connectivity index (χ2v) is 7.99. The minimum absolute atomic E-state index is 0.107. The molecule has 2 N–H and O–H groups in total. The van der Waals surface area contributed by atoms with E-state index in [4.69, 9.17) is 5.73 Å². The van der Waals surface area contributed by atoms with E-state index in [0.717, 1.165) is 37.0 Å². The molecule has 1 heterocycles. The van der Waals surface area contributed by atoms with Gasteiger partial charge < -0.3 is 5.73 Å². The minimum Gasteiger partial charge on any atom is -0.370 e. The Morgan fingerprint density at radius 2 is 2.04 bits per heavy atom. The van der Waals surface area contributed by atoms with Crippen molar-refractivity contribution in [3.05, 3.63) is 23.8 Å². The van der Waals surface area contributed by atoms with Gasteiger partial charge in [0.25, 0.3) is 5.91 Å². The molecule has 3 rings (SSSR count). The highest BCUT2D eigenvalue weighted by Gasteiger charge is 2.29. The molecular weight excluding hydrogens is 322 g/mol. The zero-order valence-electron chi connectivity index (χ0n) is 13.9. The van der Waals surface area contributed by atoms with Crippen LogP contribution in [0.15, 0.2) is 33.8 Å². The van der Waals surface area contributed by atoms with Crippen LogP contribution in [0.5, 0.6) is 0 Å². The number of nitrogens with two attached hydrogens (primary N) is 1. The first-order valence-electron chi connectivity index (χ1n) is 8.48. The van der Waals surface area contributed by atoms with Crippen LogP contribution in [0.4, 0.5) is 0 Å². The van der Waals surface area contributed by atoms with Crippen LogP contribution in [0.25, 0.3) is 0 Å². The predicted octanol–water partition coefficient (Wildman–Crippen LogP) is 2.67. The van der Waals surface area contributed by atoms with Crippen LogP contribution >= 0.6 is 11.8 Å². The normalized spacial score (nSPS) is 29.5. The van der Waals surface area contributed by atoms with Gasteiger partial charge >= 0.3 is 0 Å². The molecule has 2 amide bonds. The molecule has 128 valence electrons. The molecule has 6 heteroatoms. The maximum atomic E-state index is 12.2. The third-order valence-electron chi connectivity index (χ3n) is 4.83. The van der Waals surface area contributed by atoms with Crippen molar-refractivity contribution in [2.75, 3.05) is 5.75 Å². The van der Waals surface area contributed by atoms with Gasteiger partial charge in [0.15, 0.2) is 0 Å². The Hall–Kier alpha value is -1.69. The van der Waals surface area contributed by atoms with Gasteiger partial charge in [-0.1, -0.05) is 18.2 Å². The first-order valence-corrected chi connectivity index (χ1v) is 9.53. The highest BCUT2D eigenvalue weighted by atomic mass is 32.2. The number of aliphatic imine (C=N–C) groups is 2. The van der Waals surface area contributed by atoms with Crippen molar-refractivity contribution in [3.63, 3.8) is 0 Å². The van der Waals surface area contributed by atoms with Crippen molar-refractivity contribution >= 4 is 35.1 Å². The summed E-state index contributed by atoms with van der Waals surface area (Å²) in [5, 5.41) is 0.549. The molecule has 0 spiro atoms. The topological polar surface area (TPSA) is 84.9 Å². The summed E-state index contributed by atoms with van der Waals surface area (Å²) >= 11 is 1.82. The van der Waals surface area contributed by atoms with E-state index >= 15 is 0 Å². The number of rotatable bonds is 5. The maximum absolute atomic E-state index is 12.2. The van der Waals surface area contributed by atoms with Gasteiger partial charge in [-0.05, 0) is 44.1 Å². The predicted molar refractivity (Wildman–Crippen MR) is 98.3 cm³/mol. The Kier molecular flexibility index (Phi) is 5.33. The molecule has 0 aromatic carbocycles. The molecule has 0 aromatic rings. The molecule has 1 aliphatic heterocycles. The number of hydrogen-bond acceptors (Lipinski definition) is 4. The van der Waals surface area contributed by atoms with E-state index in [0.29, 0.717) is 29.2 Å². The molecule has 1 fully saturated rings. The molecular formula is C18H23N3O2S. The van der Waals surface area contributed by atoms with E-state index < -0.39 is 0 Å². The third kappa shape index (κ3) is 4.04. The molecule has 0 bridgehead atoms. The Balaban J connectivity index is 1.53. The van der Waals surface area contributed by atoms with Crippen LogP contribution < -0.4 is 5.73 Å². The largest absolute Gasteiger partial charge is 0.370 e. The summed E-state index contributed by atoms with van der Waals surface area (Å²) in [6.07, 6.45) is 10.5. The Labute approximate surface area is 146 Å². The SMILES string of the molecule is CC1=CC=CC2C(=O)N=C(CSC3CCC(CC(N)=O)CC3)N=C12. The number of thioether (sulfide) groups is 1. The summed E-state index contributed by atoms with van der Waals surface area (Å²) in [4.78, 5) is 32.0. The van der Waals surface area contributed by atoms with Crippen LogP contribution in [0, 0.1) is 11.8 Å². The highest BCUT2D eigenvalue weighted by Crippen LogP contribution is 2.34. The fourth-order valence-corrected chi connectivity index (χ4v) is 4.61. The van der Waals surface area contributed by atoms with Crippen molar-refractivity contribution in [1.82, 2.24) is 0 Å². The second kappa shape index (κ2) is 7.47. The van der Waals surface area contributed by atoms with Crippen LogP contribution in [0.2, 0.25) is 0 Å². The average Bonchev–Trinajstić information content (AvgIpc) is 2.55. The molecule has 1 unspecified atom stereocenters. The van der Waals surface area contributed by atoms with Gasteiger partial charge in [0.05, 0.1) is 11.5 Å². The molecule has 0 aromatic heterocycles. The lowest BCUT2D eigenvalue weighted by molar-refractivity contribution is -0.119. The summed E-state index contributed by atoms with van der Waals surface area (Å²) in [7, 11) is 0. The molecule has 1 saturated carbocycles. The molecule has 0 saturated heterocycles. The number of amidine groups is 1. The summed E-state index contributed by atoms with van der Waals surface area (Å²) in [6, 6.07) is 0. The molecule has 3 aliphatic rings. The number of amides is 2. The van der Waals surface area contributed by atoms with Crippen LogP contribution in [-0.4, -0.2) is 34.4 Å². The lowest BCUT2D eigenvalue weighted by Gasteiger charge is -2.27. The van der Waals surface area contributed by atoms with E-state index in [2.05, 4.69) is 9.98 Å². The molecule has 0 radical (unpaired) electrons. The number of fused-ring (bicyclic) bond motifs is 1. The van der Waals surface area contributed by atoms with Gasteiger partial charge in [-0.3, -0.25) is 9.59 Å². The van der Waals surface area contributed by atoms with Gasteiger partial charge in [-0.2, -0.15) is 16.8 Å². The van der Waals surface area contributed by atoms with Crippen LogP contribution in [0.3, 0.4) is 0 Å². The summed E-state index contributed by atoms with van der Waals surface area (Å²) in [6.45, 7) is 1.98. The molecule has 2 aliphatic carbocycles. The van der Waals surface area contributed by atoms with Crippen molar-refractivity contribution in [3.8, 4) is 0 Å². The third-order valence-corrected chi connectivity index (χ3v) is 6.20. The van der Waals surface area contributed by atoms with Gasteiger partial charge in [0.1, 0.15) is 11.8 Å². The standard InChI is InChI=1S/C18H23N3O2S/c1-11-3-2-4-14-17(11)20-16(21-18(14)23)10-24-13-7-5-12(6-8-13)9-15(19)22/h2-4,12-14H,5-10H2,1H3,(H2,19,22). The van der Waals surface area contributed by atoms with E-state index in [-0.39, 0.29) is 17.7 Å². The zero-order valence-corrected chi connectivity index (χ0v) is 14.7. The molecule has 5 nitrogen and oxygen atoms in total. The van der Waals surface area contributed by atoms with E-state index in [9.17, 15) is 9.59 Å². The fourth-order valence-electron chi connectivity index (χ4n) is 3.49. The first kappa shape index (κ1) is 17.1. The second-order valence-electron chi connectivity index (χ2n) is 6.70. The van der Waals surface area contributed by atoms with Crippen LogP contribution in [-0.2, 0) is 9.59 Å². The maximum Gasteiger partial charge on any atom is 0.260 e. The minimum atomic E-state index is -0.298. The van der Waals surface area contributed by atoms with Gasteiger partial charge in [-0.15, -0.1) is 0 Å². The number of allylic oxidation sites excluding steroid dienone is 3. The lowest BCUT2D eigenvalue weighted by atomic mass is 9.86. The highest BCUT2D eigenvalue weighted by molar-refractivity contribution is 8.00. The number of carbonyl (C=O) groups is 2. The van der Waals surface area contributed by atoms with Gasteiger partial charge in [0.2, 0.25) is 5.91 Å². The Morgan fingerprint density at radius 1 is 1.29 bits per heavy atom. The fraction of sp³-hybridized carbons (Fsp3) is 0.556. The molecule has 24 heavy (non-hydrogen) atoms. The number of carbonyl (C=O) groups excluding carboxylic acids is 2. The monoisotopic (exact) mass is 345 g/mol. The van der Waals surface area contributed by atoms with Crippen molar-refractivity contribution < 1.29 is 9.59 Å². The Bertz CT molecular complexity index is 655. The van der Waals surface area contributed by atoms with Gasteiger partial charge in [-0.25, -0.2) is 4.99 Å². The number of hydrogen-bond donors (Lipinski definition) is 1. The zero-order chi connectivity index (χ0) is 17.1. The summed E-state index contributed by atoms with van der Waals surface area (Å²) in [5.74, 6) is 1.15.